The van der Waals surface area contributed by atoms with E-state index in [1.807, 2.05) is 18.1 Å². The molecule has 30 heavy (non-hydrogen) atoms. The number of rotatable bonds is 5. The Kier molecular flexibility index (Phi) is 6.87. The number of amides is 1. The van der Waals surface area contributed by atoms with Gasteiger partial charge < -0.3 is 15.1 Å². The van der Waals surface area contributed by atoms with Crippen molar-refractivity contribution in [1.29, 1.82) is 0 Å². The van der Waals surface area contributed by atoms with Gasteiger partial charge in [0, 0.05) is 63.0 Å². The molecule has 1 saturated carbocycles. The van der Waals surface area contributed by atoms with E-state index in [0.29, 0.717) is 13.1 Å². The number of guanidine groups is 1. The summed E-state index contributed by atoms with van der Waals surface area (Å²) in [5, 5.41) is 7.64. The number of aliphatic imine (C=N–C) groups is 1. The molecule has 8 nitrogen and oxygen atoms in total. The van der Waals surface area contributed by atoms with E-state index in [2.05, 4.69) is 38.9 Å². The van der Waals surface area contributed by atoms with Crippen LogP contribution in [0.5, 0.6) is 0 Å². The molecular formula is C21H35N7OS. The Labute approximate surface area is 184 Å². The van der Waals surface area contributed by atoms with E-state index in [9.17, 15) is 4.79 Å². The van der Waals surface area contributed by atoms with E-state index in [1.54, 1.807) is 10.9 Å². The number of hydrogen-bond acceptors (Lipinski definition) is 5. The normalized spacial score (nSPS) is 23.3. The molecule has 1 N–H and O–H groups in total. The monoisotopic (exact) mass is 433 g/mol. The van der Waals surface area contributed by atoms with Crippen LogP contribution in [-0.2, 0) is 11.8 Å². The van der Waals surface area contributed by atoms with Gasteiger partial charge in [0.25, 0.3) is 0 Å². The van der Waals surface area contributed by atoms with Crippen molar-refractivity contribution >= 4 is 29.3 Å². The predicted molar refractivity (Wildman–Crippen MR) is 123 cm³/mol. The smallest absolute Gasteiger partial charge is 0.246 e. The first-order valence-corrected chi connectivity index (χ1v) is 12.4. The van der Waals surface area contributed by atoms with E-state index in [1.165, 1.54) is 50.3 Å². The summed E-state index contributed by atoms with van der Waals surface area (Å²) in [6.45, 7) is 7.88. The van der Waals surface area contributed by atoms with Crippen molar-refractivity contribution in [3.05, 3.63) is 12.4 Å². The highest BCUT2D eigenvalue weighted by Crippen LogP contribution is 2.37. The molecule has 2 aliphatic heterocycles. The van der Waals surface area contributed by atoms with Crippen molar-refractivity contribution in [2.75, 3.05) is 62.2 Å². The first-order valence-electron chi connectivity index (χ1n) is 11.3. The molecule has 0 aromatic carbocycles. The van der Waals surface area contributed by atoms with E-state index in [-0.39, 0.29) is 11.4 Å². The number of thioether (sulfide) groups is 1. The summed E-state index contributed by atoms with van der Waals surface area (Å²) in [5.41, 5.74) is 1.08. The minimum absolute atomic E-state index is 0.100. The molecule has 0 radical (unpaired) electrons. The summed E-state index contributed by atoms with van der Waals surface area (Å²) in [4.78, 5) is 24.6. The molecule has 3 aliphatic rings. The van der Waals surface area contributed by atoms with E-state index in [4.69, 9.17) is 4.99 Å². The van der Waals surface area contributed by atoms with Gasteiger partial charge in [-0.3, -0.25) is 19.4 Å². The van der Waals surface area contributed by atoms with Crippen LogP contribution in [0.3, 0.4) is 0 Å². The van der Waals surface area contributed by atoms with Crippen LogP contribution >= 0.6 is 11.8 Å². The number of anilines is 1. The molecule has 0 unspecified atom stereocenters. The van der Waals surface area contributed by atoms with Gasteiger partial charge in [0.1, 0.15) is 6.54 Å². The Morgan fingerprint density at radius 1 is 1.23 bits per heavy atom. The molecule has 3 fully saturated rings. The molecular weight excluding hydrogens is 398 g/mol. The Morgan fingerprint density at radius 3 is 2.63 bits per heavy atom. The minimum Gasteiger partial charge on any atom is -0.357 e. The van der Waals surface area contributed by atoms with Gasteiger partial charge in [-0.1, -0.05) is 12.8 Å². The standard InChI is InChI=1S/C21H35N7OS/c1-3-22-20(23-17-21(6-4-5-7-21)27-10-12-30-13-11-27)26-8-9-28(19(29)16-26)18-14-24-25(2)15-18/h14-15H,3-13,16-17H2,1-2H3,(H,22,23). The average Bonchev–Trinajstić information content (AvgIpc) is 3.42. The molecule has 1 aromatic heterocycles. The Morgan fingerprint density at radius 2 is 2.00 bits per heavy atom. The lowest BCUT2D eigenvalue weighted by atomic mass is 9.95. The van der Waals surface area contributed by atoms with Gasteiger partial charge in [0.2, 0.25) is 5.91 Å². The largest absolute Gasteiger partial charge is 0.357 e. The fourth-order valence-corrected chi connectivity index (χ4v) is 5.87. The third-order valence-electron chi connectivity index (χ3n) is 6.60. The van der Waals surface area contributed by atoms with Crippen LogP contribution in [0.1, 0.15) is 32.6 Å². The fourth-order valence-electron chi connectivity index (χ4n) is 4.97. The SMILES string of the molecule is CCNC(=NCC1(N2CCSCC2)CCCC1)N1CCN(c2cnn(C)c2)C(=O)C1. The summed E-state index contributed by atoms with van der Waals surface area (Å²) in [6.07, 6.45) is 8.75. The Bertz CT molecular complexity index is 752. The number of aromatic nitrogens is 2. The number of carbonyl (C=O) groups excluding carboxylic acids is 1. The number of carbonyl (C=O) groups is 1. The number of aryl methyl sites for hydroxylation is 1. The maximum atomic E-state index is 12.8. The second-order valence-electron chi connectivity index (χ2n) is 8.54. The number of nitrogens with one attached hydrogen (secondary N) is 1. The number of hydrogen-bond donors (Lipinski definition) is 1. The van der Waals surface area contributed by atoms with Gasteiger partial charge in [-0.2, -0.15) is 16.9 Å². The van der Waals surface area contributed by atoms with Crippen molar-refractivity contribution in [1.82, 2.24) is 24.9 Å². The van der Waals surface area contributed by atoms with Crippen LogP contribution in [0.2, 0.25) is 0 Å². The summed E-state index contributed by atoms with van der Waals surface area (Å²) < 4.78 is 1.74. The molecule has 1 amide bonds. The van der Waals surface area contributed by atoms with E-state index >= 15 is 0 Å². The summed E-state index contributed by atoms with van der Waals surface area (Å²) in [6, 6.07) is 0. The molecule has 1 aliphatic carbocycles. The maximum Gasteiger partial charge on any atom is 0.246 e. The molecule has 2 saturated heterocycles. The lowest BCUT2D eigenvalue weighted by Gasteiger charge is -2.43. The van der Waals surface area contributed by atoms with Crippen molar-refractivity contribution in [3.8, 4) is 0 Å². The average molecular weight is 434 g/mol. The number of nitrogens with zero attached hydrogens (tertiary/aromatic N) is 6. The van der Waals surface area contributed by atoms with Crippen LogP contribution in [0, 0.1) is 0 Å². The topological polar surface area (TPSA) is 69.0 Å². The third-order valence-corrected chi connectivity index (χ3v) is 7.54. The van der Waals surface area contributed by atoms with Gasteiger partial charge in [-0.15, -0.1) is 0 Å². The van der Waals surface area contributed by atoms with Gasteiger partial charge in [-0.05, 0) is 19.8 Å². The van der Waals surface area contributed by atoms with Crippen LogP contribution in [0.15, 0.2) is 17.4 Å². The van der Waals surface area contributed by atoms with Crippen LogP contribution in [0.25, 0.3) is 0 Å². The lowest BCUT2D eigenvalue weighted by Crippen LogP contribution is -2.56. The van der Waals surface area contributed by atoms with Gasteiger partial charge in [0.15, 0.2) is 5.96 Å². The van der Waals surface area contributed by atoms with Crippen molar-refractivity contribution in [3.63, 3.8) is 0 Å². The van der Waals surface area contributed by atoms with Gasteiger partial charge in [-0.25, -0.2) is 0 Å². The zero-order chi connectivity index (χ0) is 21.0. The van der Waals surface area contributed by atoms with Crippen LogP contribution in [-0.4, -0.2) is 94.3 Å². The minimum atomic E-state index is 0.100. The predicted octanol–water partition coefficient (Wildman–Crippen LogP) is 1.40. The second kappa shape index (κ2) is 9.60. The first-order chi connectivity index (χ1) is 14.6. The van der Waals surface area contributed by atoms with Crippen molar-refractivity contribution < 1.29 is 4.79 Å². The molecule has 166 valence electrons. The Hall–Kier alpha value is -1.74. The van der Waals surface area contributed by atoms with E-state index in [0.717, 1.165) is 31.3 Å². The quantitative estimate of drug-likeness (QED) is 0.559. The highest BCUT2D eigenvalue weighted by Gasteiger charge is 2.40. The van der Waals surface area contributed by atoms with Crippen molar-refractivity contribution in [2.45, 2.75) is 38.1 Å². The lowest BCUT2D eigenvalue weighted by molar-refractivity contribution is -0.120. The molecule has 3 heterocycles. The molecule has 0 bridgehead atoms. The zero-order valence-electron chi connectivity index (χ0n) is 18.3. The first kappa shape index (κ1) is 21.5. The second-order valence-corrected chi connectivity index (χ2v) is 9.76. The molecule has 9 heteroatoms. The van der Waals surface area contributed by atoms with E-state index < -0.39 is 0 Å². The van der Waals surface area contributed by atoms with Crippen LogP contribution < -0.4 is 10.2 Å². The molecule has 4 rings (SSSR count). The number of piperazine rings is 1. The van der Waals surface area contributed by atoms with Crippen LogP contribution in [0.4, 0.5) is 5.69 Å². The van der Waals surface area contributed by atoms with Gasteiger partial charge >= 0.3 is 0 Å². The molecule has 0 atom stereocenters. The molecule has 1 aromatic rings. The van der Waals surface area contributed by atoms with Gasteiger partial charge in [0.05, 0.1) is 18.4 Å². The highest BCUT2D eigenvalue weighted by atomic mass is 32.2. The maximum absolute atomic E-state index is 12.8. The van der Waals surface area contributed by atoms with Crippen molar-refractivity contribution in [2.24, 2.45) is 12.0 Å². The highest BCUT2D eigenvalue weighted by molar-refractivity contribution is 7.99. The summed E-state index contributed by atoms with van der Waals surface area (Å²) >= 11 is 2.07. The summed E-state index contributed by atoms with van der Waals surface area (Å²) in [7, 11) is 1.88. The zero-order valence-corrected chi connectivity index (χ0v) is 19.2. The summed E-state index contributed by atoms with van der Waals surface area (Å²) in [5.74, 6) is 3.45. The fraction of sp³-hybridized carbons (Fsp3) is 0.762. The Balaban J connectivity index is 1.45. The molecule has 0 spiro atoms. The third kappa shape index (κ3) is 4.61.